The second-order valence-electron chi connectivity index (χ2n) is 5.30. The third kappa shape index (κ3) is 3.32. The molecule has 7 heteroatoms. The zero-order chi connectivity index (χ0) is 17.3. The number of nitrogens with zero attached hydrogens (tertiary/aromatic N) is 1. The van der Waals surface area contributed by atoms with Crippen molar-refractivity contribution in [3.63, 3.8) is 0 Å². The lowest BCUT2D eigenvalue weighted by Gasteiger charge is -2.06. The van der Waals surface area contributed by atoms with Gasteiger partial charge in [0.15, 0.2) is 9.84 Å². The zero-order valence-electron chi connectivity index (χ0n) is 13.2. The van der Waals surface area contributed by atoms with Crippen LogP contribution in [0.2, 0.25) is 0 Å². The van der Waals surface area contributed by atoms with E-state index >= 15 is 0 Å². The zero-order valence-corrected chi connectivity index (χ0v) is 14.9. The maximum atomic E-state index is 12.3. The highest BCUT2D eigenvalue weighted by Gasteiger charge is 2.13. The fourth-order valence-corrected chi connectivity index (χ4v) is 4.00. The maximum Gasteiger partial charge on any atom is 0.255 e. The lowest BCUT2D eigenvalue weighted by atomic mass is 10.2. The van der Waals surface area contributed by atoms with Crippen LogP contribution in [-0.2, 0) is 9.84 Å². The van der Waals surface area contributed by atoms with E-state index in [1.807, 2.05) is 25.1 Å². The number of hydrogen-bond donors (Lipinski definition) is 1. The third-order valence-corrected chi connectivity index (χ3v) is 6.31. The van der Waals surface area contributed by atoms with Gasteiger partial charge in [0.2, 0.25) is 0 Å². The summed E-state index contributed by atoms with van der Waals surface area (Å²) in [5.74, 6) is -0.257. The molecule has 1 N–H and O–H groups in total. The van der Waals surface area contributed by atoms with E-state index in [1.165, 1.54) is 24.3 Å². The molecular weight excluding hydrogens is 344 g/mol. The average molecular weight is 360 g/mol. The molecule has 0 aliphatic rings. The van der Waals surface area contributed by atoms with Gasteiger partial charge in [-0.15, -0.1) is 11.3 Å². The van der Waals surface area contributed by atoms with E-state index < -0.39 is 9.84 Å². The summed E-state index contributed by atoms with van der Waals surface area (Å²) in [6.45, 7) is 3.53. The van der Waals surface area contributed by atoms with Crippen LogP contribution in [0.4, 0.5) is 5.69 Å². The van der Waals surface area contributed by atoms with Gasteiger partial charge in [0.25, 0.3) is 5.91 Å². The summed E-state index contributed by atoms with van der Waals surface area (Å²) < 4.78 is 24.7. The van der Waals surface area contributed by atoms with E-state index in [0.717, 1.165) is 15.2 Å². The molecule has 0 aliphatic carbocycles. The number of nitrogens with one attached hydrogen (secondary N) is 1. The summed E-state index contributed by atoms with van der Waals surface area (Å²) in [4.78, 5) is 16.9. The predicted molar refractivity (Wildman–Crippen MR) is 96.5 cm³/mol. The molecule has 0 saturated heterocycles. The van der Waals surface area contributed by atoms with Crippen LogP contribution in [0.5, 0.6) is 0 Å². The molecule has 0 saturated carbocycles. The molecule has 0 bridgehead atoms. The molecule has 0 unspecified atom stereocenters. The highest BCUT2D eigenvalue weighted by molar-refractivity contribution is 7.91. The summed E-state index contributed by atoms with van der Waals surface area (Å²) in [7, 11) is -3.26. The number of amides is 1. The summed E-state index contributed by atoms with van der Waals surface area (Å²) in [5, 5.41) is 3.78. The van der Waals surface area contributed by atoms with Crippen LogP contribution in [0.3, 0.4) is 0 Å². The Morgan fingerprint density at radius 1 is 1.17 bits per heavy atom. The first-order valence-corrected chi connectivity index (χ1v) is 9.87. The molecule has 3 rings (SSSR count). The van der Waals surface area contributed by atoms with Crippen molar-refractivity contribution in [1.29, 1.82) is 0 Å². The van der Waals surface area contributed by atoms with Crippen LogP contribution in [0, 0.1) is 6.92 Å². The third-order valence-electron chi connectivity index (χ3n) is 3.61. The van der Waals surface area contributed by atoms with Gasteiger partial charge in [-0.3, -0.25) is 4.79 Å². The Balaban J connectivity index is 1.80. The van der Waals surface area contributed by atoms with Crippen LogP contribution in [0.1, 0.15) is 22.3 Å². The minimum absolute atomic E-state index is 0.0333. The fourth-order valence-electron chi connectivity index (χ4n) is 2.30. The van der Waals surface area contributed by atoms with Crippen LogP contribution in [0.25, 0.3) is 10.2 Å². The van der Waals surface area contributed by atoms with Gasteiger partial charge in [-0.2, -0.15) is 0 Å². The SMILES string of the molecule is CCS(=O)(=O)c1ccc(C(=O)Nc2ccc3sc(C)nc3c2)cc1. The number of carbonyl (C=O) groups excluding carboxylic acids is 1. The van der Waals surface area contributed by atoms with Crippen LogP contribution < -0.4 is 5.32 Å². The first-order valence-electron chi connectivity index (χ1n) is 7.40. The topological polar surface area (TPSA) is 76.1 Å². The largest absolute Gasteiger partial charge is 0.322 e. The summed E-state index contributed by atoms with van der Waals surface area (Å²) in [5.41, 5.74) is 1.90. The van der Waals surface area contributed by atoms with Crippen molar-refractivity contribution < 1.29 is 13.2 Å². The number of aryl methyl sites for hydroxylation is 1. The van der Waals surface area contributed by atoms with Crippen molar-refractivity contribution in [2.45, 2.75) is 18.7 Å². The first-order chi connectivity index (χ1) is 11.4. The van der Waals surface area contributed by atoms with Gasteiger partial charge in [-0.1, -0.05) is 6.92 Å². The number of carbonyl (C=O) groups is 1. The van der Waals surface area contributed by atoms with Crippen molar-refractivity contribution in [3.8, 4) is 0 Å². The van der Waals surface area contributed by atoms with Crippen molar-refractivity contribution in [2.24, 2.45) is 0 Å². The molecule has 124 valence electrons. The van der Waals surface area contributed by atoms with Gasteiger partial charge in [-0.05, 0) is 49.4 Å². The number of benzene rings is 2. The predicted octanol–water partition coefficient (Wildman–Crippen LogP) is 3.65. The molecule has 0 spiro atoms. The van der Waals surface area contributed by atoms with E-state index in [4.69, 9.17) is 0 Å². The molecule has 0 radical (unpaired) electrons. The molecule has 0 aliphatic heterocycles. The van der Waals surface area contributed by atoms with Gasteiger partial charge >= 0.3 is 0 Å². The van der Waals surface area contributed by atoms with Gasteiger partial charge in [0, 0.05) is 11.3 Å². The molecule has 0 atom stereocenters. The Morgan fingerprint density at radius 2 is 1.88 bits per heavy atom. The van der Waals surface area contributed by atoms with Crippen molar-refractivity contribution in [3.05, 3.63) is 53.0 Å². The standard InChI is InChI=1S/C17H16N2O3S2/c1-3-24(21,22)14-7-4-12(5-8-14)17(20)19-13-6-9-16-15(10-13)18-11(2)23-16/h4-10H,3H2,1-2H3,(H,19,20). The summed E-state index contributed by atoms with van der Waals surface area (Å²) in [6, 6.07) is 11.5. The normalized spacial score (nSPS) is 11.6. The van der Waals surface area contributed by atoms with Crippen LogP contribution in [-0.4, -0.2) is 25.1 Å². The maximum absolute atomic E-state index is 12.3. The molecule has 5 nitrogen and oxygen atoms in total. The van der Waals surface area contributed by atoms with E-state index in [1.54, 1.807) is 18.3 Å². The highest BCUT2D eigenvalue weighted by Crippen LogP contribution is 2.24. The number of aromatic nitrogens is 1. The van der Waals surface area contributed by atoms with Gasteiger partial charge < -0.3 is 5.32 Å². The molecule has 0 fully saturated rings. The molecule has 1 heterocycles. The summed E-state index contributed by atoms with van der Waals surface area (Å²) in [6.07, 6.45) is 0. The van der Waals surface area contributed by atoms with Crippen molar-refractivity contribution in [1.82, 2.24) is 4.98 Å². The molecule has 1 aromatic heterocycles. The molecular formula is C17H16N2O3S2. The lowest BCUT2D eigenvalue weighted by molar-refractivity contribution is 0.102. The van der Waals surface area contributed by atoms with E-state index in [0.29, 0.717) is 11.3 Å². The monoisotopic (exact) mass is 360 g/mol. The Labute approximate surface area is 144 Å². The number of hydrogen-bond acceptors (Lipinski definition) is 5. The number of rotatable bonds is 4. The van der Waals surface area contributed by atoms with E-state index in [9.17, 15) is 13.2 Å². The first kappa shape index (κ1) is 16.6. The van der Waals surface area contributed by atoms with Gasteiger partial charge in [0.1, 0.15) is 0 Å². The quantitative estimate of drug-likeness (QED) is 0.770. The Kier molecular flexibility index (Phi) is 4.38. The Morgan fingerprint density at radius 3 is 2.54 bits per heavy atom. The molecule has 1 amide bonds. The second kappa shape index (κ2) is 6.33. The molecule has 24 heavy (non-hydrogen) atoms. The van der Waals surface area contributed by atoms with E-state index in [2.05, 4.69) is 10.3 Å². The second-order valence-corrected chi connectivity index (χ2v) is 8.81. The highest BCUT2D eigenvalue weighted by atomic mass is 32.2. The fraction of sp³-hybridized carbons (Fsp3) is 0.176. The number of anilines is 1. The van der Waals surface area contributed by atoms with Crippen molar-refractivity contribution in [2.75, 3.05) is 11.1 Å². The number of thiazole rings is 1. The number of fused-ring (bicyclic) bond motifs is 1. The molecule has 2 aromatic carbocycles. The van der Waals surface area contributed by atoms with Crippen LogP contribution >= 0.6 is 11.3 Å². The van der Waals surface area contributed by atoms with Gasteiger partial charge in [0.05, 0.1) is 25.9 Å². The van der Waals surface area contributed by atoms with E-state index in [-0.39, 0.29) is 16.6 Å². The van der Waals surface area contributed by atoms with Crippen molar-refractivity contribution >= 4 is 43.0 Å². The lowest BCUT2D eigenvalue weighted by Crippen LogP contribution is -2.12. The van der Waals surface area contributed by atoms with Gasteiger partial charge in [-0.25, -0.2) is 13.4 Å². The smallest absolute Gasteiger partial charge is 0.255 e. The number of sulfone groups is 1. The summed E-state index contributed by atoms with van der Waals surface area (Å²) >= 11 is 1.60. The Hall–Kier alpha value is -2.25. The Bertz CT molecular complexity index is 1010. The average Bonchev–Trinajstić information content (AvgIpc) is 2.94. The minimum Gasteiger partial charge on any atom is -0.322 e. The van der Waals surface area contributed by atoms with Crippen LogP contribution in [0.15, 0.2) is 47.4 Å². The minimum atomic E-state index is -3.26. The molecule has 3 aromatic rings.